The van der Waals surface area contributed by atoms with E-state index in [2.05, 4.69) is 16.4 Å². The number of nitrogens with zero attached hydrogens (tertiary/aromatic N) is 3. The van der Waals surface area contributed by atoms with Crippen molar-refractivity contribution in [1.82, 2.24) is 9.38 Å². The molecule has 0 spiro atoms. The van der Waals surface area contributed by atoms with Gasteiger partial charge in [0.1, 0.15) is 11.7 Å². The van der Waals surface area contributed by atoms with Crippen LogP contribution in [0.15, 0.2) is 24.4 Å². The van der Waals surface area contributed by atoms with Crippen LogP contribution in [0.1, 0.15) is 18.5 Å². The average molecular weight is 286 g/mol. The third kappa shape index (κ3) is 3.15. The number of nitriles is 1. The van der Waals surface area contributed by atoms with Gasteiger partial charge in [-0.2, -0.15) is 5.26 Å². The highest BCUT2D eigenvalue weighted by molar-refractivity contribution is 5.58. The number of anilines is 1. The maximum absolute atomic E-state index is 9.25. The Hall–Kier alpha value is -2.10. The molecule has 2 aromatic heterocycles. The molecule has 110 valence electrons. The summed E-state index contributed by atoms with van der Waals surface area (Å²) in [7, 11) is 0. The predicted octanol–water partition coefficient (Wildman–Crippen LogP) is 1.81. The van der Waals surface area contributed by atoms with Gasteiger partial charge in [-0.05, 0) is 25.0 Å². The Kier molecular flexibility index (Phi) is 4.34. The zero-order valence-corrected chi connectivity index (χ0v) is 11.8. The Morgan fingerprint density at radius 1 is 1.52 bits per heavy atom. The topological polar surface area (TPSA) is 71.6 Å². The summed E-state index contributed by atoms with van der Waals surface area (Å²) in [6, 6.07) is 7.84. The fraction of sp³-hybridized carbons (Fsp3) is 0.467. The first kappa shape index (κ1) is 13.9. The lowest BCUT2D eigenvalue weighted by molar-refractivity contribution is 0.0206. The Bertz CT molecular complexity index is 641. The van der Waals surface area contributed by atoms with E-state index in [0.717, 1.165) is 25.1 Å². The lowest BCUT2D eigenvalue weighted by Crippen LogP contribution is -2.18. The zero-order chi connectivity index (χ0) is 14.5. The molecule has 0 bridgehead atoms. The summed E-state index contributed by atoms with van der Waals surface area (Å²) in [5, 5.41) is 12.4. The minimum Gasteiger partial charge on any atom is -0.377 e. The van der Waals surface area contributed by atoms with Crippen molar-refractivity contribution in [2.24, 2.45) is 0 Å². The highest BCUT2D eigenvalue weighted by atomic mass is 16.5. The van der Waals surface area contributed by atoms with Gasteiger partial charge in [-0.3, -0.25) is 4.40 Å². The summed E-state index contributed by atoms with van der Waals surface area (Å²) < 4.78 is 12.8. The summed E-state index contributed by atoms with van der Waals surface area (Å²) in [6.07, 6.45) is 4.28. The fourth-order valence-corrected chi connectivity index (χ4v) is 2.46. The number of ether oxygens (including phenoxy) is 2. The second-order valence-corrected chi connectivity index (χ2v) is 4.99. The molecule has 6 heteroatoms. The van der Waals surface area contributed by atoms with E-state index in [-0.39, 0.29) is 6.10 Å². The predicted molar refractivity (Wildman–Crippen MR) is 78.2 cm³/mol. The molecular weight excluding hydrogens is 268 g/mol. The quantitative estimate of drug-likeness (QED) is 0.820. The van der Waals surface area contributed by atoms with E-state index in [0.29, 0.717) is 31.3 Å². The first-order chi connectivity index (χ1) is 10.4. The van der Waals surface area contributed by atoms with Crippen molar-refractivity contribution in [3.8, 4) is 6.07 Å². The van der Waals surface area contributed by atoms with Crippen molar-refractivity contribution < 1.29 is 9.47 Å². The number of imidazole rings is 1. The monoisotopic (exact) mass is 286 g/mol. The normalized spacial score (nSPS) is 18.0. The van der Waals surface area contributed by atoms with Crippen molar-refractivity contribution in [3.63, 3.8) is 0 Å². The minimum absolute atomic E-state index is 0.245. The number of rotatable bonds is 6. The molecule has 6 nitrogen and oxygen atoms in total. The molecule has 3 heterocycles. The van der Waals surface area contributed by atoms with E-state index < -0.39 is 0 Å². The summed E-state index contributed by atoms with van der Waals surface area (Å²) in [6.45, 7) is 2.67. The van der Waals surface area contributed by atoms with Crippen LogP contribution in [0.2, 0.25) is 0 Å². The molecule has 0 saturated carbocycles. The molecule has 0 radical (unpaired) electrons. The number of fused-ring (bicyclic) bond motifs is 1. The summed E-state index contributed by atoms with van der Waals surface area (Å²) in [4.78, 5) is 4.41. The molecule has 1 N–H and O–H groups in total. The van der Waals surface area contributed by atoms with Crippen LogP contribution in [0.3, 0.4) is 0 Å². The standard InChI is InChI=1S/C15H18N4O2/c16-10-13-15(18-14-5-1-2-7-19(13)14)17-6-9-20-11-12-4-3-8-21-12/h1-2,5,7,12,17H,3-4,6,8-9,11H2/t12-/m0/s1. The van der Waals surface area contributed by atoms with Gasteiger partial charge in [0.05, 0.1) is 19.3 Å². The van der Waals surface area contributed by atoms with Gasteiger partial charge in [-0.25, -0.2) is 4.98 Å². The summed E-state index contributed by atoms with van der Waals surface area (Å²) >= 11 is 0. The van der Waals surface area contributed by atoms with E-state index in [9.17, 15) is 5.26 Å². The van der Waals surface area contributed by atoms with Gasteiger partial charge < -0.3 is 14.8 Å². The highest BCUT2D eigenvalue weighted by Crippen LogP contribution is 2.16. The maximum atomic E-state index is 9.25. The van der Waals surface area contributed by atoms with Crippen molar-refractivity contribution in [1.29, 1.82) is 5.26 Å². The van der Waals surface area contributed by atoms with Crippen LogP contribution in [-0.4, -0.2) is 41.9 Å². The third-order valence-corrected chi connectivity index (χ3v) is 3.50. The van der Waals surface area contributed by atoms with E-state index in [4.69, 9.17) is 9.47 Å². The molecule has 1 saturated heterocycles. The third-order valence-electron chi connectivity index (χ3n) is 3.50. The lowest BCUT2D eigenvalue weighted by atomic mass is 10.2. The summed E-state index contributed by atoms with van der Waals surface area (Å²) in [5.74, 6) is 0.601. The Balaban J connectivity index is 1.52. The number of aromatic nitrogens is 2. The zero-order valence-electron chi connectivity index (χ0n) is 11.8. The van der Waals surface area contributed by atoms with E-state index in [1.165, 1.54) is 0 Å². The van der Waals surface area contributed by atoms with Gasteiger partial charge in [0.15, 0.2) is 11.5 Å². The molecule has 0 unspecified atom stereocenters. The molecule has 0 amide bonds. The van der Waals surface area contributed by atoms with E-state index in [1.54, 1.807) is 4.40 Å². The number of nitrogens with one attached hydrogen (secondary N) is 1. The van der Waals surface area contributed by atoms with Crippen LogP contribution in [0.25, 0.3) is 5.65 Å². The molecule has 1 atom stereocenters. The lowest BCUT2D eigenvalue weighted by Gasteiger charge is -2.10. The Morgan fingerprint density at radius 3 is 3.29 bits per heavy atom. The number of pyridine rings is 1. The van der Waals surface area contributed by atoms with Gasteiger partial charge in [-0.15, -0.1) is 0 Å². The van der Waals surface area contributed by atoms with Crippen LogP contribution in [0.5, 0.6) is 0 Å². The van der Waals surface area contributed by atoms with Gasteiger partial charge in [0.25, 0.3) is 0 Å². The molecular formula is C15H18N4O2. The molecule has 3 rings (SSSR count). The molecule has 1 aliphatic heterocycles. The molecule has 1 fully saturated rings. The van der Waals surface area contributed by atoms with Crippen LogP contribution >= 0.6 is 0 Å². The second kappa shape index (κ2) is 6.57. The molecule has 21 heavy (non-hydrogen) atoms. The van der Waals surface area contributed by atoms with Crippen molar-refractivity contribution >= 4 is 11.5 Å². The maximum Gasteiger partial charge on any atom is 0.168 e. The molecule has 2 aromatic rings. The van der Waals surface area contributed by atoms with Gasteiger partial charge >= 0.3 is 0 Å². The molecule has 0 aromatic carbocycles. The average Bonchev–Trinajstić information content (AvgIpc) is 3.13. The van der Waals surface area contributed by atoms with Crippen LogP contribution < -0.4 is 5.32 Å². The second-order valence-electron chi connectivity index (χ2n) is 4.99. The molecule has 1 aliphatic rings. The largest absolute Gasteiger partial charge is 0.377 e. The minimum atomic E-state index is 0.245. The molecule has 0 aliphatic carbocycles. The highest BCUT2D eigenvalue weighted by Gasteiger charge is 2.15. The fourth-order valence-electron chi connectivity index (χ4n) is 2.46. The number of hydrogen-bond acceptors (Lipinski definition) is 5. The van der Waals surface area contributed by atoms with Crippen molar-refractivity contribution in [3.05, 3.63) is 30.1 Å². The van der Waals surface area contributed by atoms with Crippen LogP contribution in [0.4, 0.5) is 5.82 Å². The smallest absolute Gasteiger partial charge is 0.168 e. The van der Waals surface area contributed by atoms with Gasteiger partial charge in [-0.1, -0.05) is 6.07 Å². The Labute approximate surface area is 123 Å². The van der Waals surface area contributed by atoms with Gasteiger partial charge in [0, 0.05) is 19.3 Å². The SMILES string of the molecule is N#Cc1c(NCCOC[C@@H]2CCCO2)nc2ccccn12. The van der Waals surface area contributed by atoms with E-state index in [1.807, 2.05) is 24.4 Å². The number of hydrogen-bond donors (Lipinski definition) is 1. The van der Waals surface area contributed by atoms with Gasteiger partial charge in [0.2, 0.25) is 0 Å². The first-order valence-corrected chi connectivity index (χ1v) is 7.19. The van der Waals surface area contributed by atoms with Crippen molar-refractivity contribution in [2.75, 3.05) is 31.7 Å². The first-order valence-electron chi connectivity index (χ1n) is 7.19. The summed E-state index contributed by atoms with van der Waals surface area (Å²) in [5.41, 5.74) is 1.28. The van der Waals surface area contributed by atoms with Crippen LogP contribution in [-0.2, 0) is 9.47 Å². The van der Waals surface area contributed by atoms with Crippen molar-refractivity contribution in [2.45, 2.75) is 18.9 Å². The van der Waals surface area contributed by atoms with E-state index >= 15 is 0 Å². The Morgan fingerprint density at radius 2 is 2.48 bits per heavy atom. The van der Waals surface area contributed by atoms with Crippen LogP contribution in [0, 0.1) is 11.3 Å².